The number of hydrogen-bond donors (Lipinski definition) is 3. The lowest BCUT2D eigenvalue weighted by atomic mass is 9.92. The van der Waals surface area contributed by atoms with Gasteiger partial charge in [0.05, 0.1) is 0 Å². The fourth-order valence-corrected chi connectivity index (χ4v) is 2.63. The fourth-order valence-electron chi connectivity index (χ4n) is 1.79. The summed E-state index contributed by atoms with van der Waals surface area (Å²) in [7, 11) is 0. The zero-order chi connectivity index (χ0) is 16.3. The monoisotopic (exact) mass is 407 g/mol. The Labute approximate surface area is 137 Å². The van der Waals surface area contributed by atoms with Gasteiger partial charge in [-0.05, 0) is 45.8 Å². The van der Waals surface area contributed by atoms with Crippen molar-refractivity contribution in [3.8, 4) is 0 Å². The number of alkyl carbamates (subject to hydrolysis) is 1. The predicted octanol–water partition coefficient (Wildman–Crippen LogP) is 2.93. The van der Waals surface area contributed by atoms with Crippen LogP contribution in [0.4, 0.5) is 4.79 Å². The average molecular weight is 407 g/mol. The summed E-state index contributed by atoms with van der Waals surface area (Å²) in [4.78, 5) is 23.0. The van der Waals surface area contributed by atoms with E-state index in [1.54, 1.807) is 32.9 Å². The van der Waals surface area contributed by atoms with Gasteiger partial charge in [0.2, 0.25) is 0 Å². The molecule has 1 unspecified atom stereocenters. The predicted molar refractivity (Wildman–Crippen MR) is 86.6 cm³/mol. The van der Waals surface area contributed by atoms with Crippen molar-refractivity contribution < 1.29 is 24.5 Å². The number of allylic oxidation sites excluding steroid dienone is 3. The van der Waals surface area contributed by atoms with Gasteiger partial charge in [-0.15, -0.1) is 0 Å². The second-order valence-corrected chi connectivity index (χ2v) is 8.09. The lowest BCUT2D eigenvalue weighted by Gasteiger charge is -2.29. The molecule has 3 N–H and O–H groups in total. The van der Waals surface area contributed by atoms with Gasteiger partial charge in [-0.1, -0.05) is 28.7 Å². The van der Waals surface area contributed by atoms with E-state index in [0.717, 1.165) is 0 Å². The van der Waals surface area contributed by atoms with Crippen LogP contribution in [0, 0.1) is 0 Å². The summed E-state index contributed by atoms with van der Waals surface area (Å²) >= 11 is 2.13. The van der Waals surface area contributed by atoms with Crippen molar-refractivity contribution in [3.63, 3.8) is 0 Å². The van der Waals surface area contributed by atoms with Gasteiger partial charge in [-0.3, -0.25) is 0 Å². The van der Waals surface area contributed by atoms with Crippen molar-refractivity contribution >= 4 is 34.7 Å². The largest absolute Gasteiger partial charge is 0.508 e. The number of aliphatic hydroxyl groups excluding tert-OH is 1. The molecule has 118 valence electrons. The van der Waals surface area contributed by atoms with Crippen LogP contribution in [0.5, 0.6) is 0 Å². The number of ether oxygens (including phenoxy) is 1. The smallest absolute Gasteiger partial charge is 0.408 e. The highest BCUT2D eigenvalue weighted by atomic mass is 125. The number of nitrogens with one attached hydrogen (secondary N) is 1. The molecule has 0 heterocycles. The first-order chi connectivity index (χ1) is 9.51. The standard InChI is InChI=1S/C14H20INO5/c1-13(2,3)21-12(20)16-10(11(18)19)8-14(15)6-4-9(17)5-7-14/h4-6,10,17H,7-8H2,1-3H3,(H,16,20)(H,18,19)/t10-,14?/m0/s1/i15-2. The number of amides is 1. The molecule has 0 aromatic carbocycles. The van der Waals surface area contributed by atoms with Gasteiger partial charge in [-0.2, -0.15) is 0 Å². The van der Waals surface area contributed by atoms with Crippen molar-refractivity contribution in [2.75, 3.05) is 0 Å². The van der Waals surface area contributed by atoms with Gasteiger partial charge in [0.1, 0.15) is 17.4 Å². The first-order valence-electron chi connectivity index (χ1n) is 6.50. The van der Waals surface area contributed by atoms with E-state index >= 15 is 0 Å². The zero-order valence-electron chi connectivity index (χ0n) is 12.2. The Kier molecular flexibility index (Phi) is 5.66. The van der Waals surface area contributed by atoms with Crippen molar-refractivity contribution in [1.29, 1.82) is 0 Å². The summed E-state index contributed by atoms with van der Waals surface area (Å²) in [5.41, 5.74) is -0.686. The van der Waals surface area contributed by atoms with Gasteiger partial charge < -0.3 is 20.3 Å². The number of aliphatic hydroxyl groups is 1. The molecule has 0 radical (unpaired) electrons. The molecule has 6 nitrogen and oxygen atoms in total. The van der Waals surface area contributed by atoms with Gasteiger partial charge >= 0.3 is 12.1 Å². The normalized spacial score (nSPS) is 23.1. The quantitative estimate of drug-likeness (QED) is 0.492. The minimum absolute atomic E-state index is 0.161. The Morgan fingerprint density at radius 1 is 1.52 bits per heavy atom. The van der Waals surface area contributed by atoms with Crippen LogP contribution in [-0.4, -0.2) is 37.3 Å². The number of carbonyl (C=O) groups is 2. The second kappa shape index (κ2) is 6.67. The Morgan fingerprint density at radius 3 is 2.57 bits per heavy atom. The van der Waals surface area contributed by atoms with Crippen LogP contribution in [0.1, 0.15) is 33.6 Å². The molecule has 21 heavy (non-hydrogen) atoms. The van der Waals surface area contributed by atoms with Crippen LogP contribution in [0.25, 0.3) is 0 Å². The topological polar surface area (TPSA) is 95.9 Å². The SMILES string of the molecule is CC(C)(C)OC(=O)N[C@@H](CC1([125I])C=CC(O)=CC1)C(=O)O. The Bertz CT molecular complexity index is 480. The van der Waals surface area contributed by atoms with Crippen LogP contribution < -0.4 is 5.32 Å². The van der Waals surface area contributed by atoms with E-state index in [1.165, 1.54) is 6.08 Å². The highest BCUT2D eigenvalue weighted by Crippen LogP contribution is 2.34. The van der Waals surface area contributed by atoms with Gasteiger partial charge in [0, 0.05) is 3.42 Å². The third-order valence-corrected chi connectivity index (χ3v) is 3.98. The number of carboxylic acid groups (broad SMARTS) is 1. The van der Waals surface area contributed by atoms with E-state index in [4.69, 9.17) is 4.74 Å². The van der Waals surface area contributed by atoms with E-state index in [-0.39, 0.29) is 12.2 Å². The van der Waals surface area contributed by atoms with Crippen molar-refractivity contribution in [2.24, 2.45) is 0 Å². The first-order valence-corrected chi connectivity index (χ1v) is 7.58. The van der Waals surface area contributed by atoms with Gasteiger partial charge in [-0.25, -0.2) is 9.59 Å². The van der Waals surface area contributed by atoms with Crippen LogP contribution in [0.15, 0.2) is 24.0 Å². The molecule has 0 fully saturated rings. The van der Waals surface area contributed by atoms with E-state index < -0.39 is 27.1 Å². The number of carbonyl (C=O) groups excluding carboxylic acids is 1. The summed E-state index contributed by atoms with van der Waals surface area (Å²) in [5.74, 6) is -0.960. The maximum absolute atomic E-state index is 11.7. The first kappa shape index (κ1) is 17.8. The minimum Gasteiger partial charge on any atom is -0.508 e. The third kappa shape index (κ3) is 6.36. The molecular weight excluding hydrogens is 387 g/mol. The molecule has 0 bridgehead atoms. The maximum atomic E-state index is 11.7. The van der Waals surface area contributed by atoms with Crippen molar-refractivity contribution in [1.82, 2.24) is 5.32 Å². The number of hydrogen-bond acceptors (Lipinski definition) is 4. The lowest BCUT2D eigenvalue weighted by Crippen LogP contribution is -2.46. The van der Waals surface area contributed by atoms with E-state index in [1.807, 2.05) is 0 Å². The summed E-state index contributed by atoms with van der Waals surface area (Å²) in [6.45, 7) is 5.12. The highest BCUT2D eigenvalue weighted by molar-refractivity contribution is 14.1. The Morgan fingerprint density at radius 2 is 2.14 bits per heavy atom. The Hall–Kier alpha value is -1.25. The fraction of sp³-hybridized carbons (Fsp3) is 0.571. The number of rotatable bonds is 4. The molecule has 0 aromatic rings. The molecule has 2 atom stereocenters. The van der Waals surface area contributed by atoms with Crippen LogP contribution in [0.2, 0.25) is 0 Å². The number of halogens is 1. The molecule has 0 saturated carbocycles. The molecule has 0 saturated heterocycles. The average Bonchev–Trinajstić information content (AvgIpc) is 2.30. The van der Waals surface area contributed by atoms with E-state index in [2.05, 4.69) is 27.9 Å². The van der Waals surface area contributed by atoms with E-state index in [9.17, 15) is 19.8 Å². The van der Waals surface area contributed by atoms with Crippen LogP contribution in [0.3, 0.4) is 0 Å². The molecule has 0 spiro atoms. The maximum Gasteiger partial charge on any atom is 0.408 e. The number of carboxylic acids is 1. The summed E-state index contributed by atoms with van der Waals surface area (Å²) in [6.07, 6.45) is 4.84. The molecule has 1 aliphatic carbocycles. The summed E-state index contributed by atoms with van der Waals surface area (Å²) in [5, 5.41) is 21.0. The van der Waals surface area contributed by atoms with Crippen LogP contribution >= 0.6 is 22.6 Å². The molecule has 1 aliphatic rings. The van der Waals surface area contributed by atoms with Gasteiger partial charge in [0.25, 0.3) is 0 Å². The molecule has 1 amide bonds. The van der Waals surface area contributed by atoms with E-state index in [0.29, 0.717) is 6.42 Å². The zero-order valence-corrected chi connectivity index (χ0v) is 14.4. The van der Waals surface area contributed by atoms with Gasteiger partial charge in [0.15, 0.2) is 0 Å². The molecule has 1 rings (SSSR count). The summed E-state index contributed by atoms with van der Waals surface area (Å²) in [6, 6.07) is -1.06. The second-order valence-electron chi connectivity index (χ2n) is 5.94. The molecule has 0 aliphatic heterocycles. The number of aliphatic carboxylic acids is 1. The molecule has 0 aromatic heterocycles. The van der Waals surface area contributed by atoms with Crippen molar-refractivity contribution in [2.45, 2.75) is 48.7 Å². The van der Waals surface area contributed by atoms with Crippen LogP contribution in [-0.2, 0) is 9.53 Å². The van der Waals surface area contributed by atoms with Crippen molar-refractivity contribution in [3.05, 3.63) is 24.0 Å². The lowest BCUT2D eigenvalue weighted by molar-refractivity contribution is -0.139. The minimum atomic E-state index is -1.12. The highest BCUT2D eigenvalue weighted by Gasteiger charge is 2.33. The molecule has 7 heteroatoms. The Balaban J connectivity index is 2.69. The summed E-state index contributed by atoms with van der Waals surface area (Å²) < 4.78 is 4.60. The number of alkyl halides is 1. The molecular formula is C14H20INO5. The third-order valence-electron chi connectivity index (χ3n) is 2.74.